The van der Waals surface area contributed by atoms with Gasteiger partial charge in [-0.2, -0.15) is 0 Å². The third-order valence-corrected chi connectivity index (χ3v) is 10.1. The molecule has 51 heavy (non-hydrogen) atoms. The Balaban J connectivity index is 3.80. The van der Waals surface area contributed by atoms with Crippen LogP contribution in [0.4, 0.5) is 0 Å². The molecule has 0 aliphatic heterocycles. The molecule has 4 unspecified atom stereocenters. The summed E-state index contributed by atoms with van der Waals surface area (Å²) in [6.07, 6.45) is 46.2. The molecule has 4 atom stereocenters. The molecule has 0 spiro atoms. The van der Waals surface area contributed by atoms with E-state index in [1.54, 1.807) is 0 Å². The lowest BCUT2D eigenvalue weighted by Gasteiger charge is -2.27. The first-order valence-corrected chi connectivity index (χ1v) is 21.9. The second-order valence-electron chi connectivity index (χ2n) is 15.0. The van der Waals surface area contributed by atoms with Crippen LogP contribution in [-0.4, -0.2) is 57.3 Å². The first-order valence-electron chi connectivity index (χ1n) is 21.9. The van der Waals surface area contributed by atoms with Crippen LogP contribution < -0.4 is 5.32 Å². The average Bonchev–Trinajstić information content (AvgIpc) is 3.13. The van der Waals surface area contributed by atoms with Crippen LogP contribution in [-0.2, 0) is 4.79 Å². The van der Waals surface area contributed by atoms with Crippen molar-refractivity contribution >= 4 is 5.91 Å². The fourth-order valence-electron chi connectivity index (χ4n) is 6.53. The highest BCUT2D eigenvalue weighted by Gasteiger charge is 2.28. The van der Waals surface area contributed by atoms with Crippen molar-refractivity contribution in [1.82, 2.24) is 5.32 Å². The van der Waals surface area contributed by atoms with Gasteiger partial charge in [0.25, 0.3) is 0 Å². The number of aliphatic hydroxyl groups excluding tert-OH is 4. The molecule has 1 amide bonds. The lowest BCUT2D eigenvalue weighted by Crippen LogP contribution is -2.53. The van der Waals surface area contributed by atoms with E-state index in [1.807, 2.05) is 0 Å². The van der Waals surface area contributed by atoms with Crippen molar-refractivity contribution in [2.45, 2.75) is 237 Å². The van der Waals surface area contributed by atoms with E-state index in [0.29, 0.717) is 25.7 Å². The number of allylic oxidation sites excluding steroid dienone is 6. The highest BCUT2D eigenvalue weighted by atomic mass is 16.3. The van der Waals surface area contributed by atoms with Crippen molar-refractivity contribution < 1.29 is 25.2 Å². The molecular formula is C45H85NO5. The third kappa shape index (κ3) is 34.1. The normalized spacial score (nSPS) is 14.5. The minimum absolute atomic E-state index is 0.329. The van der Waals surface area contributed by atoms with Gasteiger partial charge in [-0.3, -0.25) is 4.79 Å². The van der Waals surface area contributed by atoms with Crippen molar-refractivity contribution in [3.8, 4) is 0 Å². The molecule has 0 heterocycles. The van der Waals surface area contributed by atoms with Crippen molar-refractivity contribution in [1.29, 1.82) is 0 Å². The molecule has 5 N–H and O–H groups in total. The van der Waals surface area contributed by atoms with Crippen LogP contribution in [0.25, 0.3) is 0 Å². The summed E-state index contributed by atoms with van der Waals surface area (Å²) in [4.78, 5) is 12.4. The summed E-state index contributed by atoms with van der Waals surface area (Å²) in [5, 5.41) is 43.5. The van der Waals surface area contributed by atoms with Crippen molar-refractivity contribution in [2.75, 3.05) is 6.61 Å². The Kier molecular flexibility index (Phi) is 38.6. The number of aliphatic hydroxyl groups is 4. The fraction of sp³-hybridized carbons (Fsp3) is 0.844. The highest BCUT2D eigenvalue weighted by molar-refractivity contribution is 5.80. The number of unbranched alkanes of at least 4 members (excludes halogenated alkanes) is 24. The molecule has 0 saturated heterocycles. The first-order chi connectivity index (χ1) is 25.0. The maximum Gasteiger partial charge on any atom is 0.249 e. The fourth-order valence-corrected chi connectivity index (χ4v) is 6.53. The standard InChI is InChI=1S/C45H85NO5/c1-3-5-7-9-11-13-15-17-18-19-20-21-22-23-24-25-26-27-29-30-32-34-36-38-42(48)44(50)41(40-47)46-45(51)43(49)39-37-35-33-31-28-16-14-12-10-8-6-4-2/h25-26,28,30-32,41-44,47-50H,3-24,27,29,33-40H2,1-2H3,(H,46,51)/b26-25+,31-28-,32-30+. The molecule has 6 nitrogen and oxygen atoms in total. The van der Waals surface area contributed by atoms with E-state index in [1.165, 1.54) is 135 Å². The molecule has 0 saturated carbocycles. The smallest absolute Gasteiger partial charge is 0.249 e. The molecule has 0 radical (unpaired) electrons. The molecule has 0 rings (SSSR count). The zero-order chi connectivity index (χ0) is 37.5. The second kappa shape index (κ2) is 39.7. The Bertz CT molecular complexity index is 812. The largest absolute Gasteiger partial charge is 0.394 e. The molecule has 0 fully saturated rings. The summed E-state index contributed by atoms with van der Waals surface area (Å²) in [5.41, 5.74) is 0. The maximum atomic E-state index is 12.4. The van der Waals surface area contributed by atoms with Gasteiger partial charge in [-0.1, -0.05) is 172 Å². The van der Waals surface area contributed by atoms with Gasteiger partial charge < -0.3 is 25.7 Å². The van der Waals surface area contributed by atoms with E-state index < -0.39 is 36.9 Å². The van der Waals surface area contributed by atoms with Crippen LogP contribution in [0.15, 0.2) is 36.5 Å². The van der Waals surface area contributed by atoms with Gasteiger partial charge in [-0.05, 0) is 77.0 Å². The zero-order valence-corrected chi connectivity index (χ0v) is 33.6. The van der Waals surface area contributed by atoms with Crippen LogP contribution in [0, 0.1) is 0 Å². The molecular weight excluding hydrogens is 634 g/mol. The van der Waals surface area contributed by atoms with Crippen molar-refractivity contribution in [3.05, 3.63) is 36.5 Å². The van der Waals surface area contributed by atoms with E-state index in [4.69, 9.17) is 0 Å². The van der Waals surface area contributed by atoms with E-state index in [9.17, 15) is 25.2 Å². The Morgan fingerprint density at radius 1 is 0.471 bits per heavy atom. The van der Waals surface area contributed by atoms with Crippen LogP contribution in [0.1, 0.15) is 213 Å². The summed E-state index contributed by atoms with van der Waals surface area (Å²) in [5.74, 6) is -0.615. The van der Waals surface area contributed by atoms with E-state index >= 15 is 0 Å². The van der Waals surface area contributed by atoms with Crippen LogP contribution >= 0.6 is 0 Å². The molecule has 0 aliphatic rings. The predicted molar refractivity (Wildman–Crippen MR) is 219 cm³/mol. The van der Waals surface area contributed by atoms with Crippen molar-refractivity contribution in [2.24, 2.45) is 0 Å². The lowest BCUT2D eigenvalue weighted by atomic mass is 10.00. The Hall–Kier alpha value is -1.47. The Morgan fingerprint density at radius 2 is 0.824 bits per heavy atom. The van der Waals surface area contributed by atoms with Gasteiger partial charge in [0.05, 0.1) is 18.8 Å². The van der Waals surface area contributed by atoms with Gasteiger partial charge >= 0.3 is 0 Å². The van der Waals surface area contributed by atoms with Gasteiger partial charge in [0.2, 0.25) is 5.91 Å². The van der Waals surface area contributed by atoms with E-state index in [-0.39, 0.29) is 0 Å². The molecule has 6 heteroatoms. The van der Waals surface area contributed by atoms with Gasteiger partial charge in [-0.25, -0.2) is 0 Å². The summed E-state index contributed by atoms with van der Waals surface area (Å²) in [7, 11) is 0. The summed E-state index contributed by atoms with van der Waals surface area (Å²) >= 11 is 0. The molecule has 0 bridgehead atoms. The lowest BCUT2D eigenvalue weighted by molar-refractivity contribution is -0.132. The molecule has 300 valence electrons. The minimum Gasteiger partial charge on any atom is -0.394 e. The topological polar surface area (TPSA) is 110 Å². The number of hydrogen-bond acceptors (Lipinski definition) is 5. The molecule has 0 aromatic rings. The molecule has 0 aromatic carbocycles. The van der Waals surface area contributed by atoms with Crippen LogP contribution in [0.3, 0.4) is 0 Å². The third-order valence-electron chi connectivity index (χ3n) is 10.1. The van der Waals surface area contributed by atoms with Gasteiger partial charge in [-0.15, -0.1) is 0 Å². The van der Waals surface area contributed by atoms with Crippen LogP contribution in [0.2, 0.25) is 0 Å². The summed E-state index contributed by atoms with van der Waals surface area (Å²) in [6, 6.07) is -1.01. The quantitative estimate of drug-likeness (QED) is 0.0321. The Labute approximate surface area is 316 Å². The number of amides is 1. The molecule has 0 aromatic heterocycles. The summed E-state index contributed by atoms with van der Waals surface area (Å²) in [6.45, 7) is 4.01. The second-order valence-corrected chi connectivity index (χ2v) is 15.0. The van der Waals surface area contributed by atoms with Crippen LogP contribution in [0.5, 0.6) is 0 Å². The molecule has 0 aliphatic carbocycles. The highest BCUT2D eigenvalue weighted by Crippen LogP contribution is 2.15. The first kappa shape index (κ1) is 49.5. The number of nitrogens with one attached hydrogen (secondary N) is 1. The van der Waals surface area contributed by atoms with Gasteiger partial charge in [0, 0.05) is 0 Å². The van der Waals surface area contributed by atoms with E-state index in [2.05, 4.69) is 55.6 Å². The number of carbonyl (C=O) groups is 1. The van der Waals surface area contributed by atoms with Gasteiger partial charge in [0.15, 0.2) is 0 Å². The summed E-state index contributed by atoms with van der Waals surface area (Å²) < 4.78 is 0. The zero-order valence-electron chi connectivity index (χ0n) is 33.6. The van der Waals surface area contributed by atoms with Gasteiger partial charge in [0.1, 0.15) is 12.2 Å². The van der Waals surface area contributed by atoms with E-state index in [0.717, 1.165) is 38.5 Å². The number of rotatable bonds is 39. The Morgan fingerprint density at radius 3 is 1.24 bits per heavy atom. The SMILES string of the molecule is CCCCCCCC/C=C\CCCCC(O)C(=O)NC(CO)C(O)C(O)CCC/C=C/CC/C=C/CCCCCCCCCCCCCCCC. The van der Waals surface area contributed by atoms with Crippen molar-refractivity contribution in [3.63, 3.8) is 0 Å². The average molecular weight is 720 g/mol. The number of hydrogen-bond donors (Lipinski definition) is 5. The predicted octanol–water partition coefficient (Wildman–Crippen LogP) is 11.3. The maximum absolute atomic E-state index is 12.4. The monoisotopic (exact) mass is 720 g/mol. The minimum atomic E-state index is -1.29. The number of carbonyl (C=O) groups excluding carboxylic acids is 1.